The highest BCUT2D eigenvalue weighted by atomic mass is 35.5. The summed E-state index contributed by atoms with van der Waals surface area (Å²) in [6.07, 6.45) is 3.44. The van der Waals surface area contributed by atoms with Gasteiger partial charge in [-0.25, -0.2) is 13.2 Å². The fourth-order valence-corrected chi connectivity index (χ4v) is 7.17. The number of hydrogen-bond donors (Lipinski definition) is 0. The van der Waals surface area contributed by atoms with Crippen LogP contribution in [0.25, 0.3) is 11.0 Å². The zero-order chi connectivity index (χ0) is 31.7. The summed E-state index contributed by atoms with van der Waals surface area (Å²) in [4.78, 5) is 36.7. The van der Waals surface area contributed by atoms with Crippen molar-refractivity contribution >= 4 is 44.3 Å². The average Bonchev–Trinajstić information content (AvgIpc) is 3.36. The van der Waals surface area contributed by atoms with Gasteiger partial charge in [0.25, 0.3) is 15.9 Å². The fraction of sp³-hybridized carbons (Fsp3) is 0.219. The first-order valence-corrected chi connectivity index (χ1v) is 15.9. The molecule has 1 unspecified atom stereocenters. The lowest BCUT2D eigenvalue weighted by atomic mass is 10.0. The molecule has 0 spiro atoms. The first-order chi connectivity index (χ1) is 21.7. The van der Waals surface area contributed by atoms with E-state index >= 15 is 0 Å². The van der Waals surface area contributed by atoms with Crippen LogP contribution in [0.3, 0.4) is 0 Å². The summed E-state index contributed by atoms with van der Waals surface area (Å²) < 4.78 is 40.5. The van der Waals surface area contributed by atoms with Crippen molar-refractivity contribution in [3.05, 3.63) is 112 Å². The van der Waals surface area contributed by atoms with Gasteiger partial charge in [-0.3, -0.25) is 14.3 Å². The van der Waals surface area contributed by atoms with Crippen molar-refractivity contribution in [2.45, 2.75) is 10.9 Å². The second kappa shape index (κ2) is 12.3. The summed E-state index contributed by atoms with van der Waals surface area (Å²) >= 11 is 6.40. The number of fused-ring (bicyclic) bond motifs is 1. The van der Waals surface area contributed by atoms with E-state index in [2.05, 4.69) is 9.88 Å². The van der Waals surface area contributed by atoms with Gasteiger partial charge >= 0.3 is 5.69 Å². The maximum Gasteiger partial charge on any atom is 0.344 e. The number of rotatable bonds is 8. The van der Waals surface area contributed by atoms with E-state index < -0.39 is 21.8 Å². The molecule has 6 rings (SSSR count). The molecule has 5 aromatic rings. The number of benzene rings is 3. The first kappa shape index (κ1) is 30.2. The molecule has 3 heterocycles. The van der Waals surface area contributed by atoms with Crippen LogP contribution in [-0.2, 0) is 14.8 Å². The Morgan fingerprint density at radius 1 is 0.822 bits per heavy atom. The Kier molecular flexibility index (Phi) is 8.26. The molecule has 1 amide bonds. The number of pyridine rings is 1. The average molecular weight is 648 g/mol. The molecule has 0 N–H and O–H groups in total. The van der Waals surface area contributed by atoms with E-state index in [-0.39, 0.29) is 26.9 Å². The smallest absolute Gasteiger partial charge is 0.344 e. The molecule has 13 heteroatoms. The van der Waals surface area contributed by atoms with Crippen LogP contribution in [0.4, 0.5) is 5.69 Å². The van der Waals surface area contributed by atoms with Crippen LogP contribution in [0.2, 0.25) is 5.02 Å². The molecular weight excluding hydrogens is 618 g/mol. The minimum atomic E-state index is -4.40. The van der Waals surface area contributed by atoms with E-state index in [1.165, 1.54) is 61.3 Å². The normalized spacial score (nSPS) is 14.4. The van der Waals surface area contributed by atoms with E-state index in [0.717, 1.165) is 9.66 Å². The number of halogens is 1. The number of imidazole rings is 1. The standard InChI is InChI=1S/C32H30ClN5O6S/c1-43-25-6-3-22(4-7-25)30(31(39)36-19-17-35(18-20-36)24-13-15-34-16-14-24)37-29-21-23(33)5-12-28(29)38(32(37)40)45(41,42)27-10-8-26(44-2)9-11-27/h3-16,21,30H,17-20H2,1-2H3. The van der Waals surface area contributed by atoms with Gasteiger partial charge in [-0.1, -0.05) is 23.7 Å². The van der Waals surface area contributed by atoms with Crippen LogP contribution in [0, 0.1) is 0 Å². The number of carbonyl (C=O) groups excluding carboxylic acids is 1. The predicted octanol–water partition coefficient (Wildman–Crippen LogP) is 4.04. The molecule has 11 nitrogen and oxygen atoms in total. The Morgan fingerprint density at radius 2 is 1.42 bits per heavy atom. The molecule has 3 aromatic carbocycles. The van der Waals surface area contributed by atoms with Crippen molar-refractivity contribution in [1.29, 1.82) is 0 Å². The van der Waals surface area contributed by atoms with E-state index in [1.807, 2.05) is 12.1 Å². The molecule has 1 aliphatic heterocycles. The highest BCUT2D eigenvalue weighted by Gasteiger charge is 2.35. The molecule has 232 valence electrons. The highest BCUT2D eigenvalue weighted by molar-refractivity contribution is 7.90. The van der Waals surface area contributed by atoms with Gasteiger partial charge in [0, 0.05) is 49.3 Å². The van der Waals surface area contributed by atoms with Gasteiger partial charge in [0.05, 0.1) is 30.1 Å². The van der Waals surface area contributed by atoms with E-state index in [4.69, 9.17) is 21.1 Å². The van der Waals surface area contributed by atoms with Crippen molar-refractivity contribution in [1.82, 2.24) is 18.4 Å². The van der Waals surface area contributed by atoms with Crippen LogP contribution in [0.1, 0.15) is 11.6 Å². The summed E-state index contributed by atoms with van der Waals surface area (Å²) in [5.74, 6) is 0.679. The van der Waals surface area contributed by atoms with Gasteiger partial charge < -0.3 is 19.3 Å². The quantitative estimate of drug-likeness (QED) is 0.248. The molecule has 45 heavy (non-hydrogen) atoms. The summed E-state index contributed by atoms with van der Waals surface area (Å²) in [6, 6.07) is 19.7. The Bertz CT molecular complexity index is 2000. The van der Waals surface area contributed by atoms with Gasteiger partial charge in [0.2, 0.25) is 0 Å². The third-order valence-electron chi connectivity index (χ3n) is 7.94. The largest absolute Gasteiger partial charge is 0.497 e. The lowest BCUT2D eigenvalue weighted by molar-refractivity contribution is -0.133. The number of methoxy groups -OCH3 is 2. The molecule has 2 aromatic heterocycles. The summed E-state index contributed by atoms with van der Waals surface area (Å²) in [7, 11) is -1.40. The Labute approximate surface area is 264 Å². The van der Waals surface area contributed by atoms with Gasteiger partial charge in [-0.15, -0.1) is 0 Å². The number of amides is 1. The maximum atomic E-state index is 14.5. The Balaban J connectivity index is 1.48. The number of ether oxygens (including phenoxy) is 2. The summed E-state index contributed by atoms with van der Waals surface area (Å²) in [6.45, 7) is 1.93. The lowest BCUT2D eigenvalue weighted by Crippen LogP contribution is -2.51. The van der Waals surface area contributed by atoms with E-state index in [1.54, 1.807) is 41.6 Å². The van der Waals surface area contributed by atoms with Gasteiger partial charge in [0.1, 0.15) is 17.5 Å². The van der Waals surface area contributed by atoms with E-state index in [0.29, 0.717) is 43.2 Å². The van der Waals surface area contributed by atoms with Crippen LogP contribution in [-0.4, -0.2) is 73.1 Å². The molecule has 0 aliphatic carbocycles. The number of carbonyl (C=O) groups is 1. The molecule has 0 bridgehead atoms. The predicted molar refractivity (Wildman–Crippen MR) is 171 cm³/mol. The highest BCUT2D eigenvalue weighted by Crippen LogP contribution is 2.31. The minimum absolute atomic E-state index is 0.0917. The number of anilines is 1. The minimum Gasteiger partial charge on any atom is -0.497 e. The molecule has 1 fully saturated rings. The molecule has 1 aliphatic rings. The molecule has 0 saturated carbocycles. The van der Waals surface area contributed by atoms with Crippen LogP contribution >= 0.6 is 11.6 Å². The van der Waals surface area contributed by atoms with Gasteiger partial charge in [0.15, 0.2) is 0 Å². The van der Waals surface area contributed by atoms with Gasteiger partial charge in [-0.05, 0) is 72.3 Å². The third-order valence-corrected chi connectivity index (χ3v) is 9.87. The first-order valence-electron chi connectivity index (χ1n) is 14.1. The second-order valence-corrected chi connectivity index (χ2v) is 12.6. The van der Waals surface area contributed by atoms with Crippen molar-refractivity contribution in [2.75, 3.05) is 45.3 Å². The number of aromatic nitrogens is 3. The zero-order valence-corrected chi connectivity index (χ0v) is 26.1. The van der Waals surface area contributed by atoms with Crippen LogP contribution in [0.5, 0.6) is 11.5 Å². The second-order valence-electron chi connectivity index (χ2n) is 10.4. The third kappa shape index (κ3) is 5.62. The van der Waals surface area contributed by atoms with Crippen molar-refractivity contribution in [3.8, 4) is 11.5 Å². The summed E-state index contributed by atoms with van der Waals surface area (Å²) in [5, 5.41) is 0.280. The Hall–Kier alpha value is -4.81. The Morgan fingerprint density at radius 3 is 2.02 bits per heavy atom. The molecular formula is C32H30ClN5O6S. The maximum absolute atomic E-state index is 14.5. The number of piperazine rings is 1. The zero-order valence-electron chi connectivity index (χ0n) is 24.5. The van der Waals surface area contributed by atoms with Crippen LogP contribution < -0.4 is 20.1 Å². The SMILES string of the molecule is COc1ccc(C(C(=O)N2CCN(c3ccncc3)CC2)n2c(=O)n(S(=O)(=O)c3ccc(OC)cc3)c3ccc(Cl)cc32)cc1. The number of nitrogens with zero attached hydrogens (tertiary/aromatic N) is 5. The van der Waals surface area contributed by atoms with Crippen LogP contribution in [0.15, 0.2) is 101 Å². The fourth-order valence-electron chi connectivity index (χ4n) is 5.60. The van der Waals surface area contributed by atoms with E-state index in [9.17, 15) is 18.0 Å². The van der Waals surface area contributed by atoms with Crippen molar-refractivity contribution in [2.24, 2.45) is 0 Å². The lowest BCUT2D eigenvalue weighted by Gasteiger charge is -2.37. The van der Waals surface area contributed by atoms with Crippen molar-refractivity contribution < 1.29 is 22.7 Å². The number of hydrogen-bond acceptors (Lipinski definition) is 8. The molecule has 1 saturated heterocycles. The summed E-state index contributed by atoms with van der Waals surface area (Å²) in [5.41, 5.74) is 0.887. The molecule has 1 atom stereocenters. The van der Waals surface area contributed by atoms with Crippen molar-refractivity contribution in [3.63, 3.8) is 0 Å². The molecule has 0 radical (unpaired) electrons. The van der Waals surface area contributed by atoms with Gasteiger partial charge in [-0.2, -0.15) is 3.97 Å². The monoisotopic (exact) mass is 647 g/mol. The topological polar surface area (TPSA) is 116 Å².